The average molecular weight is 229 g/mol. The van der Waals surface area contributed by atoms with Crippen LogP contribution < -0.4 is 5.48 Å². The molecule has 0 amide bonds. The number of rotatable bonds is 7. The molecule has 2 unspecified atom stereocenters. The van der Waals surface area contributed by atoms with E-state index in [9.17, 15) is 0 Å². The van der Waals surface area contributed by atoms with Crippen LogP contribution in [0.1, 0.15) is 52.9 Å². The van der Waals surface area contributed by atoms with E-state index in [2.05, 4.69) is 26.3 Å². The minimum Gasteiger partial charge on any atom is -0.299 e. The van der Waals surface area contributed by atoms with Crippen LogP contribution >= 0.6 is 0 Å². The first kappa shape index (κ1) is 13.2. The maximum absolute atomic E-state index is 6.06. The van der Waals surface area contributed by atoms with Crippen molar-refractivity contribution in [2.45, 2.75) is 70.2 Å². The van der Waals surface area contributed by atoms with Crippen LogP contribution in [0.5, 0.6) is 0 Å². The van der Waals surface area contributed by atoms with Crippen molar-refractivity contribution in [2.24, 2.45) is 0 Å². The molecule has 0 aromatic heterocycles. The van der Waals surface area contributed by atoms with E-state index in [1.165, 1.54) is 44.2 Å². The Labute approximate surface area is 96.3 Å². The lowest BCUT2D eigenvalue weighted by molar-refractivity contribution is -0.0614. The second kappa shape index (κ2) is 6.66. The lowest BCUT2D eigenvalue weighted by atomic mass is 10.1. The lowest BCUT2D eigenvalue weighted by Gasteiger charge is -2.34. The molecular formula is C12H27NOSi. The van der Waals surface area contributed by atoms with Crippen molar-refractivity contribution in [3.05, 3.63) is 0 Å². The van der Waals surface area contributed by atoms with Gasteiger partial charge >= 0.3 is 0 Å². The molecule has 1 heterocycles. The van der Waals surface area contributed by atoms with Crippen molar-refractivity contribution in [1.29, 1.82) is 0 Å². The summed E-state index contributed by atoms with van der Waals surface area (Å²) >= 11 is 0. The molecule has 3 heteroatoms. The Hall–Kier alpha value is 0.137. The van der Waals surface area contributed by atoms with Crippen molar-refractivity contribution >= 4 is 8.80 Å². The van der Waals surface area contributed by atoms with E-state index in [4.69, 9.17) is 4.84 Å². The lowest BCUT2D eigenvalue weighted by Crippen LogP contribution is -2.47. The molecule has 1 aliphatic rings. The van der Waals surface area contributed by atoms with E-state index < -0.39 is 8.80 Å². The molecule has 0 saturated carbocycles. The van der Waals surface area contributed by atoms with E-state index in [0.29, 0.717) is 5.22 Å². The van der Waals surface area contributed by atoms with Gasteiger partial charge < -0.3 is 0 Å². The SMILES string of the molecule is CCCCC1(ONCC)CCC[SiH]1CC. The van der Waals surface area contributed by atoms with Gasteiger partial charge in [0.2, 0.25) is 0 Å². The van der Waals surface area contributed by atoms with Gasteiger partial charge in [-0.15, -0.1) is 0 Å². The van der Waals surface area contributed by atoms with Gasteiger partial charge in [-0.25, -0.2) is 5.48 Å². The molecule has 1 saturated heterocycles. The summed E-state index contributed by atoms with van der Waals surface area (Å²) in [6.45, 7) is 7.68. The quantitative estimate of drug-likeness (QED) is 0.535. The van der Waals surface area contributed by atoms with Crippen LogP contribution in [0.4, 0.5) is 0 Å². The fourth-order valence-electron chi connectivity index (χ4n) is 2.90. The summed E-state index contributed by atoms with van der Waals surface area (Å²) in [6.07, 6.45) is 6.63. The average Bonchev–Trinajstić information content (AvgIpc) is 2.67. The van der Waals surface area contributed by atoms with Gasteiger partial charge in [0.15, 0.2) is 0 Å². The first-order chi connectivity index (χ1) is 7.29. The number of hydrogen-bond acceptors (Lipinski definition) is 2. The highest BCUT2D eigenvalue weighted by Crippen LogP contribution is 2.38. The minimum absolute atomic E-state index is 0.292. The molecule has 0 aromatic rings. The Kier molecular flexibility index (Phi) is 5.86. The third kappa shape index (κ3) is 3.30. The third-order valence-electron chi connectivity index (χ3n) is 3.76. The van der Waals surface area contributed by atoms with Crippen LogP contribution in [0.25, 0.3) is 0 Å². The second-order valence-corrected chi connectivity index (χ2v) is 8.61. The van der Waals surface area contributed by atoms with E-state index in [1.807, 2.05) is 0 Å². The molecule has 1 aliphatic heterocycles. The topological polar surface area (TPSA) is 21.3 Å². The fourth-order valence-corrected chi connectivity index (χ4v) is 6.75. The summed E-state index contributed by atoms with van der Waals surface area (Å²) in [6, 6.07) is 2.89. The highest BCUT2D eigenvalue weighted by Gasteiger charge is 2.43. The molecule has 1 rings (SSSR count). The molecule has 2 nitrogen and oxygen atoms in total. The highest BCUT2D eigenvalue weighted by atomic mass is 28.3. The summed E-state index contributed by atoms with van der Waals surface area (Å²) in [5, 5.41) is 0.292. The summed E-state index contributed by atoms with van der Waals surface area (Å²) in [5.41, 5.74) is 3.14. The first-order valence-corrected chi connectivity index (χ1v) is 8.91. The van der Waals surface area contributed by atoms with Crippen molar-refractivity contribution in [2.75, 3.05) is 6.54 Å². The molecule has 2 atom stereocenters. The highest BCUT2D eigenvalue weighted by molar-refractivity contribution is 6.62. The van der Waals surface area contributed by atoms with Crippen molar-refractivity contribution in [3.8, 4) is 0 Å². The van der Waals surface area contributed by atoms with E-state index in [0.717, 1.165) is 6.54 Å². The van der Waals surface area contributed by atoms with E-state index >= 15 is 0 Å². The molecule has 0 bridgehead atoms. The number of nitrogens with one attached hydrogen (secondary N) is 1. The van der Waals surface area contributed by atoms with Crippen LogP contribution in [0.2, 0.25) is 12.1 Å². The summed E-state index contributed by atoms with van der Waals surface area (Å²) in [4.78, 5) is 6.06. The Morgan fingerprint density at radius 3 is 2.73 bits per heavy atom. The van der Waals surface area contributed by atoms with E-state index in [-0.39, 0.29) is 0 Å². The molecule has 1 N–H and O–H groups in total. The number of hydrogen-bond donors (Lipinski definition) is 1. The fraction of sp³-hybridized carbons (Fsp3) is 1.00. The molecule has 0 spiro atoms. The maximum atomic E-state index is 6.06. The molecule has 0 aliphatic carbocycles. The molecule has 0 radical (unpaired) electrons. The Morgan fingerprint density at radius 2 is 2.13 bits per heavy atom. The van der Waals surface area contributed by atoms with Gasteiger partial charge in [0.1, 0.15) is 0 Å². The molecule has 90 valence electrons. The van der Waals surface area contributed by atoms with Crippen LogP contribution in [0.15, 0.2) is 0 Å². The van der Waals surface area contributed by atoms with Gasteiger partial charge in [-0.05, 0) is 12.8 Å². The predicted molar refractivity (Wildman–Crippen MR) is 68.7 cm³/mol. The smallest absolute Gasteiger partial charge is 0.0780 e. The Morgan fingerprint density at radius 1 is 1.33 bits per heavy atom. The number of hydroxylamine groups is 1. The standard InChI is InChI=1S/C12H27NOSi/c1-4-7-9-12(14-13-5-2)10-8-11-15(12)6-3/h13,15H,4-11H2,1-3H3. The van der Waals surface area contributed by atoms with Crippen molar-refractivity contribution in [1.82, 2.24) is 5.48 Å². The monoisotopic (exact) mass is 229 g/mol. The van der Waals surface area contributed by atoms with Crippen LogP contribution in [0.3, 0.4) is 0 Å². The van der Waals surface area contributed by atoms with Crippen LogP contribution in [-0.4, -0.2) is 20.6 Å². The zero-order chi connectivity index (χ0) is 11.1. The maximum Gasteiger partial charge on any atom is 0.0780 e. The Balaban J connectivity index is 2.56. The van der Waals surface area contributed by atoms with Gasteiger partial charge in [-0.2, -0.15) is 0 Å². The van der Waals surface area contributed by atoms with Crippen LogP contribution in [-0.2, 0) is 4.84 Å². The van der Waals surface area contributed by atoms with Crippen molar-refractivity contribution < 1.29 is 4.84 Å². The predicted octanol–water partition coefficient (Wildman–Crippen LogP) is 3.04. The largest absolute Gasteiger partial charge is 0.299 e. The second-order valence-electron chi connectivity index (χ2n) is 4.77. The number of unbranched alkanes of at least 4 members (excludes halogenated alkanes) is 1. The molecular weight excluding hydrogens is 202 g/mol. The van der Waals surface area contributed by atoms with Gasteiger partial charge in [0.05, 0.1) is 14.0 Å². The van der Waals surface area contributed by atoms with Crippen molar-refractivity contribution in [3.63, 3.8) is 0 Å². The van der Waals surface area contributed by atoms with Gasteiger partial charge in [-0.3, -0.25) is 4.84 Å². The Bertz CT molecular complexity index is 167. The molecule has 0 aromatic carbocycles. The van der Waals surface area contributed by atoms with Gasteiger partial charge in [0, 0.05) is 6.54 Å². The van der Waals surface area contributed by atoms with Crippen LogP contribution in [0, 0.1) is 0 Å². The normalized spacial score (nSPS) is 31.0. The van der Waals surface area contributed by atoms with E-state index in [1.54, 1.807) is 0 Å². The van der Waals surface area contributed by atoms with Gasteiger partial charge in [-0.1, -0.05) is 52.1 Å². The molecule has 1 fully saturated rings. The summed E-state index contributed by atoms with van der Waals surface area (Å²) < 4.78 is 0. The molecule has 15 heavy (non-hydrogen) atoms. The first-order valence-electron chi connectivity index (χ1n) is 6.70. The third-order valence-corrected chi connectivity index (χ3v) is 8.04. The zero-order valence-corrected chi connectivity index (χ0v) is 11.8. The minimum atomic E-state index is -0.659. The zero-order valence-electron chi connectivity index (χ0n) is 10.6. The van der Waals surface area contributed by atoms with Gasteiger partial charge in [0.25, 0.3) is 0 Å². The summed E-state index contributed by atoms with van der Waals surface area (Å²) in [5.74, 6) is 0. The summed E-state index contributed by atoms with van der Waals surface area (Å²) in [7, 11) is -0.659.